The van der Waals surface area contributed by atoms with Gasteiger partial charge in [-0.05, 0) is 29.9 Å². The van der Waals surface area contributed by atoms with Crippen LogP contribution in [0, 0.1) is 0 Å². The van der Waals surface area contributed by atoms with E-state index in [1.165, 1.54) is 11.8 Å². The first-order valence-electron chi connectivity index (χ1n) is 10.5. The molecule has 1 aromatic carbocycles. The molecule has 0 radical (unpaired) electrons. The molecule has 0 aromatic heterocycles. The third-order valence-electron chi connectivity index (χ3n) is 4.63. The SMILES string of the molecule is CCOP(=O)(CC)OCC(=O)CC(=O)CSc1cc(C(C)(C)C)c(O)c(C(C)(C)C)c1. The number of hydrogen-bond donors (Lipinski definition) is 1. The van der Waals surface area contributed by atoms with Crippen molar-refractivity contribution in [3.05, 3.63) is 23.3 Å². The van der Waals surface area contributed by atoms with Gasteiger partial charge in [-0.3, -0.25) is 14.2 Å². The maximum atomic E-state index is 12.3. The molecular weight excluding hydrogens is 435 g/mol. The van der Waals surface area contributed by atoms with Gasteiger partial charge in [0, 0.05) is 22.2 Å². The Bertz CT molecular complexity index is 800. The Kier molecular flexibility index (Phi) is 10.0. The van der Waals surface area contributed by atoms with E-state index in [-0.39, 0.29) is 47.3 Å². The van der Waals surface area contributed by atoms with E-state index in [1.807, 2.05) is 53.7 Å². The number of hydrogen-bond acceptors (Lipinski definition) is 7. The lowest BCUT2D eigenvalue weighted by molar-refractivity contribution is -0.127. The van der Waals surface area contributed by atoms with Crippen molar-refractivity contribution in [1.82, 2.24) is 0 Å². The summed E-state index contributed by atoms with van der Waals surface area (Å²) >= 11 is 1.34. The van der Waals surface area contributed by atoms with Gasteiger partial charge in [-0.15, -0.1) is 11.8 Å². The van der Waals surface area contributed by atoms with E-state index in [0.717, 1.165) is 16.0 Å². The number of Topliss-reactive ketones (excluding diaryl/α,β-unsaturated/α-hetero) is 2. The third kappa shape index (κ3) is 8.72. The maximum Gasteiger partial charge on any atom is 0.330 e. The Morgan fingerprint density at radius 3 is 1.90 bits per heavy atom. The van der Waals surface area contributed by atoms with Gasteiger partial charge in [0.15, 0.2) is 11.6 Å². The smallest absolute Gasteiger partial charge is 0.330 e. The zero-order valence-corrected chi connectivity index (χ0v) is 21.7. The first kappa shape index (κ1) is 27.9. The van der Waals surface area contributed by atoms with Gasteiger partial charge in [-0.25, -0.2) is 0 Å². The van der Waals surface area contributed by atoms with Crippen LogP contribution >= 0.6 is 19.4 Å². The summed E-state index contributed by atoms with van der Waals surface area (Å²) in [6.45, 7) is 15.4. The highest BCUT2D eigenvalue weighted by Gasteiger charge is 2.27. The monoisotopic (exact) mass is 472 g/mol. The molecule has 0 saturated heterocycles. The second-order valence-electron chi connectivity index (χ2n) is 9.53. The number of carbonyl (C=O) groups is 2. The van der Waals surface area contributed by atoms with E-state index in [1.54, 1.807) is 13.8 Å². The Morgan fingerprint density at radius 2 is 1.48 bits per heavy atom. The van der Waals surface area contributed by atoms with Crippen LogP contribution in [-0.2, 0) is 34.0 Å². The Morgan fingerprint density at radius 1 is 0.968 bits per heavy atom. The Hall–Kier alpha value is -1.14. The lowest BCUT2D eigenvalue weighted by Crippen LogP contribution is -2.18. The van der Waals surface area contributed by atoms with Gasteiger partial charge in [0.2, 0.25) is 0 Å². The molecule has 6 nitrogen and oxygen atoms in total. The number of rotatable bonds is 11. The fourth-order valence-electron chi connectivity index (χ4n) is 2.91. The van der Waals surface area contributed by atoms with Gasteiger partial charge in [-0.1, -0.05) is 48.5 Å². The van der Waals surface area contributed by atoms with Crippen LogP contribution in [0.5, 0.6) is 5.75 Å². The summed E-state index contributed by atoms with van der Waals surface area (Å²) in [5, 5.41) is 10.8. The highest BCUT2D eigenvalue weighted by atomic mass is 32.2. The summed E-state index contributed by atoms with van der Waals surface area (Å²) in [5.74, 6) is -0.238. The predicted molar refractivity (Wildman–Crippen MR) is 127 cm³/mol. The molecular formula is C23H37O6PS. The minimum absolute atomic E-state index is 0.126. The molecule has 0 spiro atoms. The van der Waals surface area contributed by atoms with Crippen LogP contribution in [0.3, 0.4) is 0 Å². The average Bonchev–Trinajstić information content (AvgIpc) is 2.64. The molecule has 8 heteroatoms. The number of benzene rings is 1. The van der Waals surface area contributed by atoms with Crippen LogP contribution < -0.4 is 0 Å². The summed E-state index contributed by atoms with van der Waals surface area (Å²) in [7, 11) is -3.27. The fraction of sp³-hybridized carbons (Fsp3) is 0.652. The van der Waals surface area contributed by atoms with Gasteiger partial charge in [0.05, 0.1) is 18.8 Å². The summed E-state index contributed by atoms with van der Waals surface area (Å²) in [6.07, 6.45) is -0.107. The van der Waals surface area contributed by atoms with Crippen LogP contribution in [0.4, 0.5) is 0 Å². The first-order chi connectivity index (χ1) is 14.1. The quantitative estimate of drug-likeness (QED) is 0.245. The van der Waals surface area contributed by atoms with Crippen LogP contribution in [0.1, 0.15) is 72.9 Å². The number of ketones is 2. The molecule has 0 saturated carbocycles. The van der Waals surface area contributed by atoms with Crippen molar-refractivity contribution in [2.45, 2.75) is 77.5 Å². The maximum absolute atomic E-state index is 12.3. The molecule has 0 aliphatic rings. The molecule has 0 aliphatic heterocycles. The molecule has 1 aromatic rings. The van der Waals surface area contributed by atoms with Crippen molar-refractivity contribution in [3.8, 4) is 5.75 Å². The van der Waals surface area contributed by atoms with E-state index in [2.05, 4.69) is 0 Å². The van der Waals surface area contributed by atoms with Gasteiger partial charge in [-0.2, -0.15) is 0 Å². The Labute approximate surface area is 191 Å². The minimum atomic E-state index is -3.27. The second-order valence-corrected chi connectivity index (χ2v) is 12.9. The molecule has 1 atom stereocenters. The van der Waals surface area contributed by atoms with Gasteiger partial charge in [0.1, 0.15) is 12.4 Å². The molecule has 1 rings (SSSR count). The standard InChI is InChI=1S/C23H37O6PS/c1-9-28-30(27,10-2)29-14-16(24)11-17(25)15-31-18-12-19(22(3,4)5)21(26)20(13-18)23(6,7)8/h12-13,26H,9-11,14-15H2,1-8H3. The van der Waals surface area contributed by atoms with E-state index in [0.29, 0.717) is 0 Å². The highest BCUT2D eigenvalue weighted by Crippen LogP contribution is 2.47. The van der Waals surface area contributed by atoms with Crippen molar-refractivity contribution >= 4 is 30.9 Å². The van der Waals surface area contributed by atoms with E-state index >= 15 is 0 Å². The zero-order valence-electron chi connectivity index (χ0n) is 20.0. The molecule has 0 amide bonds. The van der Waals surface area contributed by atoms with Crippen LogP contribution in [0.2, 0.25) is 0 Å². The number of phenols is 1. The lowest BCUT2D eigenvalue weighted by atomic mass is 9.79. The van der Waals surface area contributed by atoms with Crippen molar-refractivity contribution < 1.29 is 28.3 Å². The molecule has 0 fully saturated rings. The number of thioether (sulfide) groups is 1. The third-order valence-corrected chi connectivity index (χ3v) is 7.61. The zero-order chi connectivity index (χ0) is 24.0. The molecule has 0 bridgehead atoms. The Balaban J connectivity index is 2.83. The van der Waals surface area contributed by atoms with Crippen molar-refractivity contribution in [2.75, 3.05) is 25.1 Å². The summed E-state index contributed by atoms with van der Waals surface area (Å²) in [6, 6.07) is 3.82. The van der Waals surface area contributed by atoms with Crippen molar-refractivity contribution in [2.24, 2.45) is 0 Å². The van der Waals surface area contributed by atoms with Gasteiger partial charge >= 0.3 is 7.60 Å². The molecule has 1 unspecified atom stereocenters. The van der Waals surface area contributed by atoms with Gasteiger partial charge in [0.25, 0.3) is 0 Å². The first-order valence-corrected chi connectivity index (χ1v) is 13.3. The van der Waals surface area contributed by atoms with E-state index in [9.17, 15) is 19.3 Å². The topological polar surface area (TPSA) is 89.9 Å². The van der Waals surface area contributed by atoms with E-state index in [4.69, 9.17) is 9.05 Å². The summed E-state index contributed by atoms with van der Waals surface area (Å²) in [5.41, 5.74) is 1.13. The normalized spacial score (nSPS) is 14.3. The van der Waals surface area contributed by atoms with Crippen molar-refractivity contribution in [3.63, 3.8) is 0 Å². The molecule has 176 valence electrons. The fourth-order valence-corrected chi connectivity index (χ4v) is 4.91. The number of phenolic OH excluding ortho intramolecular Hbond substituents is 1. The number of carbonyl (C=O) groups excluding carboxylic acids is 2. The largest absolute Gasteiger partial charge is 0.507 e. The second kappa shape index (κ2) is 11.1. The minimum Gasteiger partial charge on any atom is -0.507 e. The van der Waals surface area contributed by atoms with Crippen LogP contribution in [-0.4, -0.2) is 41.8 Å². The molecule has 0 heterocycles. The molecule has 31 heavy (non-hydrogen) atoms. The predicted octanol–water partition coefficient (Wildman–Crippen LogP) is 5.87. The van der Waals surface area contributed by atoms with Gasteiger partial charge < -0.3 is 14.2 Å². The number of aromatic hydroxyl groups is 1. The highest BCUT2D eigenvalue weighted by molar-refractivity contribution is 8.00. The van der Waals surface area contributed by atoms with Crippen molar-refractivity contribution in [1.29, 1.82) is 0 Å². The summed E-state index contributed by atoms with van der Waals surface area (Å²) < 4.78 is 22.5. The molecule has 0 aliphatic carbocycles. The van der Waals surface area contributed by atoms with Crippen LogP contribution in [0.15, 0.2) is 17.0 Å². The summed E-state index contributed by atoms with van der Waals surface area (Å²) in [4.78, 5) is 25.3. The lowest BCUT2D eigenvalue weighted by Gasteiger charge is -2.28. The van der Waals surface area contributed by atoms with Crippen LogP contribution in [0.25, 0.3) is 0 Å². The van der Waals surface area contributed by atoms with E-state index < -0.39 is 20.0 Å². The average molecular weight is 473 g/mol. The molecule has 1 N–H and O–H groups in total.